The van der Waals surface area contributed by atoms with Crippen LogP contribution in [0, 0.1) is 23.2 Å². The minimum atomic E-state index is 0. The van der Waals surface area contributed by atoms with Gasteiger partial charge >= 0.3 is 0 Å². The molecule has 2 rings (SSSR count). The molecular formula is C8H15ClN2. The summed E-state index contributed by atoms with van der Waals surface area (Å²) < 4.78 is 0. The summed E-state index contributed by atoms with van der Waals surface area (Å²) in [6.45, 7) is 0. The fraction of sp³-hybridized carbons (Fsp3) is 0.875. The van der Waals surface area contributed by atoms with Gasteiger partial charge in [-0.2, -0.15) is 0 Å². The van der Waals surface area contributed by atoms with Crippen LogP contribution in [-0.4, -0.2) is 5.84 Å². The number of nitrogens with one attached hydrogen (secondary N) is 1. The van der Waals surface area contributed by atoms with E-state index in [1.807, 2.05) is 0 Å². The average molecular weight is 175 g/mol. The first-order valence-electron chi connectivity index (χ1n) is 4.11. The van der Waals surface area contributed by atoms with Gasteiger partial charge in [-0.25, -0.2) is 0 Å². The summed E-state index contributed by atoms with van der Waals surface area (Å²) in [7, 11) is 0. The lowest BCUT2D eigenvalue weighted by atomic mass is 9.88. The quantitative estimate of drug-likeness (QED) is 0.462. The van der Waals surface area contributed by atoms with Crippen LogP contribution in [-0.2, 0) is 0 Å². The number of halogens is 1. The minimum Gasteiger partial charge on any atom is -0.387 e. The lowest BCUT2D eigenvalue weighted by Gasteiger charge is -2.19. The van der Waals surface area contributed by atoms with Gasteiger partial charge in [0.25, 0.3) is 0 Å². The summed E-state index contributed by atoms with van der Waals surface area (Å²) in [5.41, 5.74) is 5.47. The van der Waals surface area contributed by atoms with Gasteiger partial charge in [0.15, 0.2) is 0 Å². The standard InChI is InChI=1S/C8H14N2.ClH/c9-8(10)7-4-5-1-2-6(7)3-5;/h5-7H,1-4H2,(H3,9,10);1H. The predicted octanol–water partition coefficient (Wildman–Crippen LogP) is 1.78. The number of amidine groups is 1. The van der Waals surface area contributed by atoms with Gasteiger partial charge in [-0.3, -0.25) is 5.41 Å². The zero-order valence-corrected chi connectivity index (χ0v) is 7.36. The third kappa shape index (κ3) is 1.36. The van der Waals surface area contributed by atoms with E-state index in [2.05, 4.69) is 0 Å². The third-order valence-corrected chi connectivity index (χ3v) is 3.14. The van der Waals surface area contributed by atoms with Crippen LogP contribution >= 0.6 is 12.4 Å². The van der Waals surface area contributed by atoms with E-state index in [1.54, 1.807) is 0 Å². The predicted molar refractivity (Wildman–Crippen MR) is 48.1 cm³/mol. The molecule has 2 aliphatic carbocycles. The largest absolute Gasteiger partial charge is 0.387 e. The van der Waals surface area contributed by atoms with Gasteiger partial charge in [-0.1, -0.05) is 6.42 Å². The van der Waals surface area contributed by atoms with Crippen LogP contribution in [0.1, 0.15) is 25.7 Å². The summed E-state index contributed by atoms with van der Waals surface area (Å²) in [6, 6.07) is 0. The van der Waals surface area contributed by atoms with E-state index >= 15 is 0 Å². The number of hydrogen-bond acceptors (Lipinski definition) is 1. The molecule has 0 saturated heterocycles. The first kappa shape index (κ1) is 8.85. The fourth-order valence-electron chi connectivity index (χ4n) is 2.63. The average Bonchev–Trinajstić information content (AvgIpc) is 2.44. The minimum absolute atomic E-state index is 0. The summed E-state index contributed by atoms with van der Waals surface area (Å²) >= 11 is 0. The maximum absolute atomic E-state index is 7.32. The lowest BCUT2D eigenvalue weighted by molar-refractivity contribution is 0.412. The molecule has 2 nitrogen and oxygen atoms in total. The van der Waals surface area contributed by atoms with Crippen LogP contribution in [0.2, 0.25) is 0 Å². The molecule has 0 amide bonds. The van der Waals surface area contributed by atoms with Gasteiger partial charge in [0, 0.05) is 5.92 Å². The second kappa shape index (κ2) is 3.02. The highest BCUT2D eigenvalue weighted by atomic mass is 35.5. The van der Waals surface area contributed by atoms with Gasteiger partial charge < -0.3 is 5.73 Å². The van der Waals surface area contributed by atoms with Crippen LogP contribution in [0.5, 0.6) is 0 Å². The van der Waals surface area contributed by atoms with E-state index in [0.29, 0.717) is 11.8 Å². The Labute approximate surface area is 73.5 Å². The lowest BCUT2D eigenvalue weighted by Crippen LogP contribution is -2.26. The normalized spacial score (nSPS) is 40.2. The first-order chi connectivity index (χ1) is 4.77. The van der Waals surface area contributed by atoms with Crippen molar-refractivity contribution >= 4 is 18.2 Å². The molecule has 11 heavy (non-hydrogen) atoms. The molecule has 0 aromatic carbocycles. The van der Waals surface area contributed by atoms with E-state index < -0.39 is 0 Å². The van der Waals surface area contributed by atoms with Crippen molar-refractivity contribution in [2.45, 2.75) is 25.7 Å². The third-order valence-electron chi connectivity index (χ3n) is 3.14. The SMILES string of the molecule is Cl.N=C(N)C1CC2CCC1C2. The van der Waals surface area contributed by atoms with E-state index in [-0.39, 0.29) is 12.4 Å². The highest BCUT2D eigenvalue weighted by Gasteiger charge is 2.40. The maximum atomic E-state index is 7.32. The molecule has 3 heteroatoms. The zero-order chi connectivity index (χ0) is 7.14. The van der Waals surface area contributed by atoms with E-state index in [4.69, 9.17) is 11.1 Å². The molecule has 0 aliphatic heterocycles. The highest BCUT2D eigenvalue weighted by molar-refractivity contribution is 5.85. The summed E-state index contributed by atoms with van der Waals surface area (Å²) in [5, 5.41) is 7.32. The van der Waals surface area contributed by atoms with Crippen molar-refractivity contribution in [1.82, 2.24) is 0 Å². The Morgan fingerprint density at radius 2 is 2.00 bits per heavy atom. The van der Waals surface area contributed by atoms with Crippen molar-refractivity contribution in [3.63, 3.8) is 0 Å². The number of rotatable bonds is 1. The molecule has 3 unspecified atom stereocenters. The Kier molecular flexibility index (Phi) is 2.43. The number of hydrogen-bond donors (Lipinski definition) is 2. The monoisotopic (exact) mass is 174 g/mol. The molecule has 2 bridgehead atoms. The Hall–Kier alpha value is -0.240. The first-order valence-corrected chi connectivity index (χ1v) is 4.11. The molecule has 2 saturated carbocycles. The van der Waals surface area contributed by atoms with Crippen molar-refractivity contribution in [3.05, 3.63) is 0 Å². The summed E-state index contributed by atoms with van der Waals surface area (Å²) in [4.78, 5) is 0. The molecule has 2 fully saturated rings. The maximum Gasteiger partial charge on any atom is 0.0939 e. The highest BCUT2D eigenvalue weighted by Crippen LogP contribution is 2.47. The fourth-order valence-corrected chi connectivity index (χ4v) is 2.63. The zero-order valence-electron chi connectivity index (χ0n) is 6.55. The molecule has 0 aromatic heterocycles. The Bertz CT molecular complexity index is 169. The van der Waals surface area contributed by atoms with Crippen molar-refractivity contribution in [2.24, 2.45) is 23.5 Å². The van der Waals surface area contributed by atoms with Gasteiger partial charge in [0.05, 0.1) is 5.84 Å². The van der Waals surface area contributed by atoms with E-state index in [1.165, 1.54) is 25.7 Å². The summed E-state index contributed by atoms with van der Waals surface area (Å²) in [6.07, 6.45) is 5.29. The number of fused-ring (bicyclic) bond motifs is 2. The summed E-state index contributed by atoms with van der Waals surface area (Å²) in [5.74, 6) is 2.59. The molecular weight excluding hydrogens is 160 g/mol. The van der Waals surface area contributed by atoms with Crippen LogP contribution in [0.4, 0.5) is 0 Å². The Morgan fingerprint density at radius 1 is 1.27 bits per heavy atom. The van der Waals surface area contributed by atoms with Crippen LogP contribution < -0.4 is 5.73 Å². The van der Waals surface area contributed by atoms with Crippen LogP contribution in [0.15, 0.2) is 0 Å². The van der Waals surface area contributed by atoms with Gasteiger partial charge in [-0.15, -0.1) is 12.4 Å². The van der Waals surface area contributed by atoms with Crippen molar-refractivity contribution in [1.29, 1.82) is 5.41 Å². The molecule has 0 spiro atoms. The molecule has 3 atom stereocenters. The van der Waals surface area contributed by atoms with Crippen molar-refractivity contribution in [2.75, 3.05) is 0 Å². The van der Waals surface area contributed by atoms with Crippen molar-refractivity contribution < 1.29 is 0 Å². The van der Waals surface area contributed by atoms with Crippen LogP contribution in [0.25, 0.3) is 0 Å². The van der Waals surface area contributed by atoms with Gasteiger partial charge in [0.1, 0.15) is 0 Å². The second-order valence-electron chi connectivity index (χ2n) is 3.74. The van der Waals surface area contributed by atoms with Gasteiger partial charge in [-0.05, 0) is 31.1 Å². The van der Waals surface area contributed by atoms with Gasteiger partial charge in [0.2, 0.25) is 0 Å². The molecule has 3 N–H and O–H groups in total. The number of nitrogens with two attached hydrogens (primary N) is 1. The topological polar surface area (TPSA) is 49.9 Å². The smallest absolute Gasteiger partial charge is 0.0939 e. The Morgan fingerprint density at radius 3 is 2.27 bits per heavy atom. The van der Waals surface area contributed by atoms with Crippen LogP contribution in [0.3, 0.4) is 0 Å². The van der Waals surface area contributed by atoms with Crippen molar-refractivity contribution in [3.8, 4) is 0 Å². The van der Waals surface area contributed by atoms with E-state index in [0.717, 1.165) is 11.8 Å². The Balaban J connectivity index is 0.000000605. The van der Waals surface area contributed by atoms with E-state index in [9.17, 15) is 0 Å². The molecule has 0 heterocycles. The molecule has 2 aliphatic rings. The molecule has 64 valence electrons. The molecule has 0 aromatic rings. The molecule has 0 radical (unpaired) electrons. The second-order valence-corrected chi connectivity index (χ2v) is 3.74.